The molecular weight excluding hydrogens is 899 g/mol. The number of carbonyl (C=O) groups is 3. The Kier molecular flexibility index (Phi) is 51.6. The molecular formula is C63H111NO8. The molecule has 9 heteroatoms. The Labute approximate surface area is 443 Å². The quantitative estimate of drug-likeness (QED) is 0.0195. The minimum atomic E-state index is -1.63. The molecule has 0 radical (unpaired) electrons. The van der Waals surface area contributed by atoms with Gasteiger partial charge in [0.25, 0.3) is 0 Å². The lowest BCUT2D eigenvalue weighted by molar-refractivity contribution is -0.870. The van der Waals surface area contributed by atoms with E-state index in [4.69, 9.17) is 18.9 Å². The number of quaternary nitrogens is 1. The summed E-state index contributed by atoms with van der Waals surface area (Å²) in [6.07, 6.45) is 66.6. The first-order chi connectivity index (χ1) is 35.1. The summed E-state index contributed by atoms with van der Waals surface area (Å²) in [5, 5.41) is 11.8. The normalized spacial score (nSPS) is 13.3. The van der Waals surface area contributed by atoms with Crippen molar-refractivity contribution in [1.82, 2.24) is 0 Å². The Morgan fingerprint density at radius 3 is 1.18 bits per heavy atom. The number of unbranched alkanes of at least 4 members (excludes halogenated alkanes) is 27. The fraction of sp³-hybridized carbons (Fsp3) is 0.762. The van der Waals surface area contributed by atoms with Crippen LogP contribution < -0.4 is 5.11 Å². The number of esters is 2. The molecule has 0 bridgehead atoms. The second-order valence-electron chi connectivity index (χ2n) is 20.9. The van der Waals surface area contributed by atoms with Gasteiger partial charge in [-0.2, -0.15) is 0 Å². The summed E-state index contributed by atoms with van der Waals surface area (Å²) in [6, 6.07) is 0. The van der Waals surface area contributed by atoms with E-state index in [0.29, 0.717) is 17.4 Å². The Bertz CT molecular complexity index is 1410. The standard InChI is InChI=1S/C63H111NO8/c1-6-8-10-12-14-16-18-20-22-24-26-28-30-31-32-34-36-38-40-42-44-46-48-50-52-54-61(66)72-59(58-71-63(62(67)68)69-56-55-64(3,4)5)57-70-60(65)53-51-49-47-45-43-41-39-37-35-33-29-27-25-23-21-19-17-15-13-11-9-7-2/h8,10,14,16,20,22,26,28,31-32,36,38,59,63H,6-7,9,11-13,15,17-19,21,23-25,27,29-30,33-35,37,39-58H2,1-5H3/b10-8-,16-14-,22-20-,28-26-,32-31-,38-36-. The average Bonchev–Trinajstić information content (AvgIpc) is 3.35. The zero-order chi connectivity index (χ0) is 52.7. The summed E-state index contributed by atoms with van der Waals surface area (Å²) in [5.41, 5.74) is 0. The molecule has 2 unspecified atom stereocenters. The Morgan fingerprint density at radius 2 is 0.792 bits per heavy atom. The highest BCUT2D eigenvalue weighted by Gasteiger charge is 2.22. The highest BCUT2D eigenvalue weighted by Crippen LogP contribution is 2.17. The predicted molar refractivity (Wildman–Crippen MR) is 301 cm³/mol. The fourth-order valence-electron chi connectivity index (χ4n) is 8.19. The summed E-state index contributed by atoms with van der Waals surface area (Å²) >= 11 is 0. The Balaban J connectivity index is 4.28. The number of carboxylic acid groups (broad SMARTS) is 1. The smallest absolute Gasteiger partial charge is 0.306 e. The number of aliphatic carboxylic acids is 1. The molecule has 416 valence electrons. The van der Waals surface area contributed by atoms with Gasteiger partial charge in [-0.15, -0.1) is 0 Å². The van der Waals surface area contributed by atoms with E-state index < -0.39 is 24.3 Å². The van der Waals surface area contributed by atoms with Crippen LogP contribution in [0.1, 0.15) is 251 Å². The number of carbonyl (C=O) groups excluding carboxylic acids is 3. The number of hydrogen-bond acceptors (Lipinski definition) is 8. The molecule has 0 aliphatic heterocycles. The van der Waals surface area contributed by atoms with Gasteiger partial charge in [-0.25, -0.2) is 0 Å². The maximum Gasteiger partial charge on any atom is 0.306 e. The van der Waals surface area contributed by atoms with Gasteiger partial charge in [-0.05, 0) is 64.2 Å². The van der Waals surface area contributed by atoms with E-state index >= 15 is 0 Å². The van der Waals surface area contributed by atoms with Crippen LogP contribution in [0.3, 0.4) is 0 Å². The van der Waals surface area contributed by atoms with Crippen molar-refractivity contribution in [3.8, 4) is 0 Å². The molecule has 0 aliphatic carbocycles. The Hall–Kier alpha value is -3.27. The van der Waals surface area contributed by atoms with Crippen LogP contribution in [-0.4, -0.2) is 82.3 Å². The minimum Gasteiger partial charge on any atom is -0.545 e. The fourth-order valence-corrected chi connectivity index (χ4v) is 8.19. The molecule has 0 saturated heterocycles. The number of nitrogens with zero attached hydrogens (tertiary/aromatic N) is 1. The molecule has 0 rings (SSSR count). The molecule has 0 amide bonds. The van der Waals surface area contributed by atoms with Gasteiger partial charge >= 0.3 is 11.9 Å². The van der Waals surface area contributed by atoms with Crippen molar-refractivity contribution in [2.75, 3.05) is 47.5 Å². The van der Waals surface area contributed by atoms with Crippen molar-refractivity contribution >= 4 is 17.9 Å². The highest BCUT2D eigenvalue weighted by molar-refractivity contribution is 5.70. The van der Waals surface area contributed by atoms with Crippen molar-refractivity contribution in [3.05, 3.63) is 72.9 Å². The number of rotatable bonds is 54. The molecule has 0 saturated carbocycles. The van der Waals surface area contributed by atoms with Crippen molar-refractivity contribution in [2.24, 2.45) is 0 Å². The second kappa shape index (κ2) is 54.0. The topological polar surface area (TPSA) is 111 Å². The van der Waals surface area contributed by atoms with Crippen LogP contribution in [-0.2, 0) is 33.3 Å². The second-order valence-corrected chi connectivity index (χ2v) is 20.9. The van der Waals surface area contributed by atoms with Crippen LogP contribution in [0.15, 0.2) is 72.9 Å². The van der Waals surface area contributed by atoms with Gasteiger partial charge in [0.1, 0.15) is 13.2 Å². The largest absolute Gasteiger partial charge is 0.545 e. The monoisotopic (exact) mass is 1010 g/mol. The maximum absolute atomic E-state index is 12.9. The number of carboxylic acids is 1. The molecule has 0 spiro atoms. The SMILES string of the molecule is CC/C=C\C/C=C\C/C=C\C/C=C\C/C=C\C/C=C\CCCCCCCCC(=O)OC(COC(=O)CCCCCCCCCCCCCCCCCCCCCCCC)COC(OCC[N+](C)(C)C)C(=O)[O-]. The molecule has 0 N–H and O–H groups in total. The van der Waals surface area contributed by atoms with Crippen LogP contribution in [0, 0.1) is 0 Å². The van der Waals surface area contributed by atoms with Crippen LogP contribution >= 0.6 is 0 Å². The lowest BCUT2D eigenvalue weighted by Gasteiger charge is -2.26. The van der Waals surface area contributed by atoms with Crippen LogP contribution in [0.5, 0.6) is 0 Å². The zero-order valence-electron chi connectivity index (χ0n) is 47.3. The molecule has 0 aromatic heterocycles. The summed E-state index contributed by atoms with van der Waals surface area (Å²) in [6.45, 7) is 4.64. The maximum atomic E-state index is 12.9. The van der Waals surface area contributed by atoms with Crippen molar-refractivity contribution in [3.63, 3.8) is 0 Å². The molecule has 0 fully saturated rings. The average molecular weight is 1010 g/mol. The molecule has 0 aliphatic rings. The van der Waals surface area contributed by atoms with E-state index in [1.165, 1.54) is 122 Å². The minimum absolute atomic E-state index is 0.142. The third-order valence-corrected chi connectivity index (χ3v) is 12.7. The van der Waals surface area contributed by atoms with E-state index in [1.54, 1.807) is 0 Å². The summed E-state index contributed by atoms with van der Waals surface area (Å²) in [5.74, 6) is -2.30. The first-order valence-electron chi connectivity index (χ1n) is 29.6. The van der Waals surface area contributed by atoms with Crippen LogP contribution in [0.4, 0.5) is 0 Å². The van der Waals surface area contributed by atoms with Gasteiger partial charge in [0.05, 0.1) is 40.3 Å². The van der Waals surface area contributed by atoms with Gasteiger partial charge in [0.2, 0.25) is 0 Å². The van der Waals surface area contributed by atoms with Gasteiger partial charge in [0.15, 0.2) is 12.4 Å². The predicted octanol–water partition coefficient (Wildman–Crippen LogP) is 16.1. The van der Waals surface area contributed by atoms with Gasteiger partial charge < -0.3 is 33.3 Å². The van der Waals surface area contributed by atoms with Crippen LogP contribution in [0.25, 0.3) is 0 Å². The van der Waals surface area contributed by atoms with E-state index in [-0.39, 0.29) is 38.6 Å². The molecule has 2 atom stereocenters. The zero-order valence-corrected chi connectivity index (χ0v) is 47.3. The van der Waals surface area contributed by atoms with Gasteiger partial charge in [-0.1, -0.05) is 247 Å². The summed E-state index contributed by atoms with van der Waals surface area (Å²) in [4.78, 5) is 37.3. The first-order valence-corrected chi connectivity index (χ1v) is 29.6. The van der Waals surface area contributed by atoms with E-state index in [0.717, 1.165) is 96.3 Å². The van der Waals surface area contributed by atoms with Crippen LogP contribution in [0.2, 0.25) is 0 Å². The van der Waals surface area contributed by atoms with Crippen molar-refractivity contribution in [2.45, 2.75) is 264 Å². The third-order valence-electron chi connectivity index (χ3n) is 12.7. The molecule has 0 aromatic rings. The summed E-state index contributed by atoms with van der Waals surface area (Å²) < 4.78 is 22.7. The van der Waals surface area contributed by atoms with Crippen molar-refractivity contribution < 1.29 is 42.9 Å². The molecule has 9 nitrogen and oxygen atoms in total. The van der Waals surface area contributed by atoms with Gasteiger partial charge in [0, 0.05) is 12.8 Å². The van der Waals surface area contributed by atoms with Gasteiger partial charge in [-0.3, -0.25) is 9.59 Å². The molecule has 72 heavy (non-hydrogen) atoms. The lowest BCUT2D eigenvalue weighted by atomic mass is 10.0. The highest BCUT2D eigenvalue weighted by atomic mass is 16.7. The molecule has 0 aromatic carbocycles. The van der Waals surface area contributed by atoms with E-state index in [9.17, 15) is 19.5 Å². The molecule has 0 heterocycles. The van der Waals surface area contributed by atoms with Crippen molar-refractivity contribution in [1.29, 1.82) is 0 Å². The first kappa shape index (κ1) is 68.7. The lowest BCUT2D eigenvalue weighted by Crippen LogP contribution is -2.44. The third kappa shape index (κ3) is 54.5. The number of allylic oxidation sites excluding steroid dienone is 12. The summed E-state index contributed by atoms with van der Waals surface area (Å²) in [7, 11) is 5.92. The Morgan fingerprint density at radius 1 is 0.431 bits per heavy atom. The number of ether oxygens (including phenoxy) is 4. The number of likely N-dealkylation sites (N-methyl/N-ethyl adjacent to an activating group) is 1. The number of hydrogen-bond donors (Lipinski definition) is 0. The van der Waals surface area contributed by atoms with E-state index in [2.05, 4.69) is 86.8 Å². The van der Waals surface area contributed by atoms with E-state index in [1.807, 2.05) is 21.1 Å².